The summed E-state index contributed by atoms with van der Waals surface area (Å²) in [5.41, 5.74) is -0.754. The highest BCUT2D eigenvalue weighted by Crippen LogP contribution is 2.39. The van der Waals surface area contributed by atoms with E-state index in [4.69, 9.17) is 4.74 Å². The molecule has 0 fully saturated rings. The Morgan fingerprint density at radius 2 is 2.10 bits per heavy atom. The topological polar surface area (TPSA) is 46.5 Å². The lowest BCUT2D eigenvalue weighted by Crippen LogP contribution is -2.43. The lowest BCUT2D eigenvalue weighted by molar-refractivity contribution is -0.155. The van der Waals surface area contributed by atoms with Crippen molar-refractivity contribution in [1.82, 2.24) is 0 Å². The van der Waals surface area contributed by atoms with E-state index < -0.39 is 5.60 Å². The molecule has 2 rings (SSSR count). The Balaban J connectivity index is 2.23. The van der Waals surface area contributed by atoms with Gasteiger partial charge < -0.3 is 9.84 Å². The number of esters is 1. The monoisotopic (exact) mass is 292 g/mol. The number of carbonyl (C=O) groups excluding carboxylic acids is 1. The smallest absolute Gasteiger partial charge is 0.314 e. The van der Waals surface area contributed by atoms with Crippen molar-refractivity contribution in [1.29, 1.82) is 0 Å². The highest BCUT2D eigenvalue weighted by atomic mass is 32.2. The summed E-state index contributed by atoms with van der Waals surface area (Å²) in [4.78, 5) is 12.8. The molecule has 1 aliphatic heterocycles. The van der Waals surface area contributed by atoms with Gasteiger partial charge >= 0.3 is 5.97 Å². The molecule has 1 heterocycles. The Hall–Kier alpha value is -1.42. The van der Waals surface area contributed by atoms with Gasteiger partial charge in [-0.1, -0.05) is 31.5 Å². The lowest BCUT2D eigenvalue weighted by Gasteiger charge is -2.36. The zero-order valence-corrected chi connectivity index (χ0v) is 12.7. The third-order valence-electron chi connectivity index (χ3n) is 3.32. The van der Waals surface area contributed by atoms with E-state index in [0.29, 0.717) is 0 Å². The van der Waals surface area contributed by atoms with Gasteiger partial charge in [-0.15, -0.1) is 11.8 Å². The number of hydrogen-bond acceptors (Lipinski definition) is 4. The second-order valence-corrected chi connectivity index (χ2v) is 6.45. The van der Waals surface area contributed by atoms with Gasteiger partial charge in [-0.3, -0.25) is 4.79 Å². The Morgan fingerprint density at radius 1 is 1.40 bits per heavy atom. The Labute approximate surface area is 124 Å². The average molecular weight is 292 g/mol. The van der Waals surface area contributed by atoms with E-state index in [1.165, 1.54) is 0 Å². The third kappa shape index (κ3) is 3.57. The summed E-state index contributed by atoms with van der Waals surface area (Å²) in [6, 6.07) is 10.1. The highest BCUT2D eigenvalue weighted by molar-refractivity contribution is 8.00. The van der Waals surface area contributed by atoms with Crippen LogP contribution in [-0.4, -0.2) is 21.9 Å². The van der Waals surface area contributed by atoms with Gasteiger partial charge in [0.1, 0.15) is 17.8 Å². The minimum absolute atomic E-state index is 0.0234. The van der Waals surface area contributed by atoms with Crippen molar-refractivity contribution in [3.63, 3.8) is 0 Å². The SMILES string of the molecule is CCCC(Sc1ccccc1)C1(C)C=C(O)CC(=O)O1. The first kappa shape index (κ1) is 15.0. The number of thioether (sulfide) groups is 1. The second kappa shape index (κ2) is 6.35. The maximum Gasteiger partial charge on any atom is 0.314 e. The number of ether oxygens (including phenoxy) is 1. The van der Waals surface area contributed by atoms with Gasteiger partial charge in [-0.25, -0.2) is 0 Å². The van der Waals surface area contributed by atoms with Gasteiger partial charge in [-0.2, -0.15) is 0 Å². The number of hydrogen-bond donors (Lipinski definition) is 1. The van der Waals surface area contributed by atoms with Crippen molar-refractivity contribution in [3.05, 3.63) is 42.2 Å². The summed E-state index contributed by atoms with van der Waals surface area (Å²) in [6.07, 6.45) is 3.56. The average Bonchev–Trinajstić information content (AvgIpc) is 2.38. The molecule has 20 heavy (non-hydrogen) atoms. The van der Waals surface area contributed by atoms with Crippen molar-refractivity contribution in [2.45, 2.75) is 48.9 Å². The number of carbonyl (C=O) groups is 1. The van der Waals surface area contributed by atoms with Crippen LogP contribution in [0.15, 0.2) is 47.1 Å². The summed E-state index contributed by atoms with van der Waals surface area (Å²) in [5.74, 6) is -0.249. The van der Waals surface area contributed by atoms with Crippen LogP contribution >= 0.6 is 11.8 Å². The first-order chi connectivity index (χ1) is 9.53. The normalized spacial score (nSPS) is 23.9. The predicted octanol–water partition coefficient (Wildman–Crippen LogP) is 4.09. The molecule has 108 valence electrons. The summed E-state index contributed by atoms with van der Waals surface area (Å²) in [5, 5.41) is 9.83. The molecule has 0 aromatic heterocycles. The highest BCUT2D eigenvalue weighted by Gasteiger charge is 2.39. The number of aliphatic hydroxyl groups is 1. The quantitative estimate of drug-likeness (QED) is 0.655. The molecule has 0 amide bonds. The Kier molecular flexibility index (Phi) is 4.76. The van der Waals surface area contributed by atoms with Crippen LogP contribution in [0.3, 0.4) is 0 Å². The van der Waals surface area contributed by atoms with E-state index in [2.05, 4.69) is 6.92 Å². The first-order valence-corrected chi connectivity index (χ1v) is 7.75. The molecule has 1 aromatic carbocycles. The van der Waals surface area contributed by atoms with Crippen molar-refractivity contribution < 1.29 is 14.6 Å². The molecule has 0 bridgehead atoms. The lowest BCUT2D eigenvalue weighted by atomic mass is 9.94. The van der Waals surface area contributed by atoms with Crippen molar-refractivity contribution in [3.8, 4) is 0 Å². The standard InChI is InChI=1S/C16H20O3S/c1-3-7-14(20-13-8-5-4-6-9-13)16(2)11-12(17)10-15(18)19-16/h4-6,8-9,11,14,17H,3,7,10H2,1-2H3. The van der Waals surface area contributed by atoms with Crippen LogP contribution in [-0.2, 0) is 9.53 Å². The van der Waals surface area contributed by atoms with Crippen LogP contribution in [0.4, 0.5) is 0 Å². The largest absolute Gasteiger partial charge is 0.512 e. The zero-order valence-electron chi connectivity index (χ0n) is 11.8. The molecular formula is C16H20O3S. The molecule has 0 radical (unpaired) electrons. The fraction of sp³-hybridized carbons (Fsp3) is 0.438. The van der Waals surface area contributed by atoms with E-state index in [1.807, 2.05) is 37.3 Å². The van der Waals surface area contributed by atoms with Gasteiger partial charge in [0.15, 0.2) is 0 Å². The van der Waals surface area contributed by atoms with Gasteiger partial charge in [0, 0.05) is 4.90 Å². The molecule has 3 nitrogen and oxygen atoms in total. The molecule has 1 aromatic rings. The molecule has 0 spiro atoms. The van der Waals surface area contributed by atoms with Gasteiger partial charge in [0.25, 0.3) is 0 Å². The van der Waals surface area contributed by atoms with E-state index in [-0.39, 0.29) is 23.4 Å². The van der Waals surface area contributed by atoms with Crippen molar-refractivity contribution >= 4 is 17.7 Å². The van der Waals surface area contributed by atoms with Crippen molar-refractivity contribution in [2.24, 2.45) is 0 Å². The number of benzene rings is 1. The minimum atomic E-state index is -0.754. The molecule has 4 heteroatoms. The number of cyclic esters (lactones) is 1. The van der Waals surface area contributed by atoms with E-state index in [1.54, 1.807) is 17.8 Å². The first-order valence-electron chi connectivity index (χ1n) is 6.87. The maximum absolute atomic E-state index is 11.6. The summed E-state index contributed by atoms with van der Waals surface area (Å²) < 4.78 is 5.53. The molecule has 1 N–H and O–H groups in total. The number of rotatable bonds is 5. The Morgan fingerprint density at radius 3 is 2.70 bits per heavy atom. The molecule has 0 saturated carbocycles. The van der Waals surface area contributed by atoms with Gasteiger partial charge in [-0.05, 0) is 31.6 Å². The minimum Gasteiger partial charge on any atom is -0.512 e. The Bertz CT molecular complexity index is 498. The van der Waals surface area contributed by atoms with Crippen LogP contribution in [0.2, 0.25) is 0 Å². The summed E-state index contributed by atoms with van der Waals surface area (Å²) in [6.45, 7) is 3.98. The van der Waals surface area contributed by atoms with Crippen LogP contribution in [0.5, 0.6) is 0 Å². The van der Waals surface area contributed by atoms with E-state index >= 15 is 0 Å². The molecule has 2 unspecified atom stereocenters. The number of aliphatic hydroxyl groups excluding tert-OH is 1. The summed E-state index contributed by atoms with van der Waals surface area (Å²) >= 11 is 1.69. The third-order valence-corrected chi connectivity index (χ3v) is 4.86. The maximum atomic E-state index is 11.6. The molecule has 0 aliphatic carbocycles. The van der Waals surface area contributed by atoms with Crippen LogP contribution in [0.1, 0.15) is 33.1 Å². The van der Waals surface area contributed by atoms with Gasteiger partial charge in [0.2, 0.25) is 0 Å². The molecule has 2 atom stereocenters. The predicted molar refractivity (Wildman–Crippen MR) is 80.8 cm³/mol. The molecule has 1 aliphatic rings. The van der Waals surface area contributed by atoms with E-state index in [9.17, 15) is 9.90 Å². The molecule has 0 saturated heterocycles. The summed E-state index contributed by atoms with van der Waals surface area (Å²) in [7, 11) is 0. The van der Waals surface area contributed by atoms with Crippen LogP contribution in [0, 0.1) is 0 Å². The fourth-order valence-electron chi connectivity index (χ4n) is 2.39. The fourth-order valence-corrected chi connectivity index (χ4v) is 3.73. The van der Waals surface area contributed by atoms with Crippen LogP contribution in [0.25, 0.3) is 0 Å². The zero-order chi connectivity index (χ0) is 14.6. The second-order valence-electron chi connectivity index (χ2n) is 5.18. The van der Waals surface area contributed by atoms with E-state index in [0.717, 1.165) is 17.7 Å². The van der Waals surface area contributed by atoms with Gasteiger partial charge in [0.05, 0.1) is 5.25 Å². The van der Waals surface area contributed by atoms with Crippen LogP contribution < -0.4 is 0 Å². The molecular weight excluding hydrogens is 272 g/mol. The van der Waals surface area contributed by atoms with Crippen molar-refractivity contribution in [2.75, 3.05) is 0 Å².